The van der Waals surface area contributed by atoms with Crippen LogP contribution in [-0.2, 0) is 47.1 Å². The molecule has 7 nitrogen and oxygen atoms in total. The minimum absolute atomic E-state index is 0. The van der Waals surface area contributed by atoms with E-state index < -0.39 is 0 Å². The Bertz CT molecular complexity index is 370. The van der Waals surface area contributed by atoms with Gasteiger partial charge in [-0.15, -0.1) is 0 Å². The molecule has 5 N–H and O–H groups in total. The summed E-state index contributed by atoms with van der Waals surface area (Å²) >= 11 is 0. The fourth-order valence-corrected chi connectivity index (χ4v) is 0.882. The van der Waals surface area contributed by atoms with Gasteiger partial charge in [0, 0.05) is 50.9 Å². The zero-order chi connectivity index (χ0) is 17.6. The molecule has 131 valence electrons. The van der Waals surface area contributed by atoms with Gasteiger partial charge in [0.2, 0.25) is 0 Å². The smallest absolute Gasteiger partial charge is 0.155 e. The molecule has 1 radical (unpaired) electrons. The number of hydrogen-bond donors (Lipinski definition) is 3. The van der Waals surface area contributed by atoms with E-state index in [1.165, 1.54) is 59.8 Å². The van der Waals surface area contributed by atoms with Crippen LogP contribution in [0.15, 0.2) is 35.5 Å². The molecule has 0 aliphatic carbocycles. The average Bonchev–Trinajstić information content (AvgIpc) is 2.10. The normalized spacial score (nSPS) is 10.4. The summed E-state index contributed by atoms with van der Waals surface area (Å²) in [5.74, 6) is -0.187. The SMILES string of the molecule is CC(=O)/C=C(\C)O.CC(=O)/C=C(\C)O.CC(=O)/C=C(\C)O.O.[Y]. The largest absolute Gasteiger partial charge is 0.512 e. The van der Waals surface area contributed by atoms with Gasteiger partial charge in [0.1, 0.15) is 0 Å². The Hall–Kier alpha value is -1.31. The first-order valence-corrected chi connectivity index (χ1v) is 6.02. The second-order valence-corrected chi connectivity index (χ2v) is 4.19. The van der Waals surface area contributed by atoms with Crippen molar-refractivity contribution < 1.29 is 67.9 Å². The molecular weight excluding hydrogens is 381 g/mol. The number of rotatable bonds is 3. The third kappa shape index (κ3) is 63.2. The number of carbonyl (C=O) groups excluding carboxylic acids is 3. The van der Waals surface area contributed by atoms with E-state index >= 15 is 0 Å². The van der Waals surface area contributed by atoms with Crippen LogP contribution in [0.1, 0.15) is 41.5 Å². The van der Waals surface area contributed by atoms with Crippen LogP contribution in [-0.4, -0.2) is 38.1 Å². The molecule has 0 aromatic heterocycles. The molecule has 0 rings (SSSR count). The average molecular weight is 407 g/mol. The van der Waals surface area contributed by atoms with E-state index in [2.05, 4.69) is 0 Å². The van der Waals surface area contributed by atoms with Crippen molar-refractivity contribution in [1.82, 2.24) is 0 Å². The Kier molecular flexibility index (Phi) is 30.0. The van der Waals surface area contributed by atoms with Crippen molar-refractivity contribution in [2.45, 2.75) is 41.5 Å². The van der Waals surface area contributed by atoms with Crippen LogP contribution in [0.5, 0.6) is 0 Å². The number of aliphatic hydroxyl groups excluding tert-OH is 3. The second-order valence-electron chi connectivity index (χ2n) is 4.19. The van der Waals surface area contributed by atoms with E-state index in [-0.39, 0.29) is 72.8 Å². The summed E-state index contributed by atoms with van der Waals surface area (Å²) in [5, 5.41) is 25.1. The van der Waals surface area contributed by atoms with Crippen molar-refractivity contribution in [2.24, 2.45) is 0 Å². The molecule has 0 aliphatic rings. The van der Waals surface area contributed by atoms with E-state index in [1.807, 2.05) is 0 Å². The second kappa shape index (κ2) is 20.7. The summed E-state index contributed by atoms with van der Waals surface area (Å²) in [6.07, 6.45) is 3.50. The topological polar surface area (TPSA) is 143 Å². The number of hydrogen-bond acceptors (Lipinski definition) is 6. The van der Waals surface area contributed by atoms with Crippen LogP contribution >= 0.6 is 0 Å². The molecule has 0 fully saturated rings. The van der Waals surface area contributed by atoms with Gasteiger partial charge in [0.15, 0.2) is 17.3 Å². The fourth-order valence-electron chi connectivity index (χ4n) is 0.882. The Morgan fingerprint density at radius 1 is 0.565 bits per heavy atom. The molecule has 0 unspecified atom stereocenters. The predicted molar refractivity (Wildman–Crippen MR) is 84.8 cm³/mol. The molecule has 0 heterocycles. The Labute approximate surface area is 162 Å². The zero-order valence-corrected chi connectivity index (χ0v) is 17.2. The Morgan fingerprint density at radius 3 is 0.696 bits per heavy atom. The summed E-state index contributed by atoms with van der Waals surface area (Å²) in [4.78, 5) is 30.1. The van der Waals surface area contributed by atoms with Crippen LogP contribution in [0.4, 0.5) is 0 Å². The molecule has 0 saturated heterocycles. The van der Waals surface area contributed by atoms with Crippen LogP contribution < -0.4 is 0 Å². The van der Waals surface area contributed by atoms with Gasteiger partial charge in [-0.1, -0.05) is 0 Å². The van der Waals surface area contributed by atoms with Crippen molar-refractivity contribution in [3.8, 4) is 0 Å². The van der Waals surface area contributed by atoms with Gasteiger partial charge >= 0.3 is 0 Å². The Morgan fingerprint density at radius 2 is 0.696 bits per heavy atom. The molecule has 23 heavy (non-hydrogen) atoms. The summed E-state index contributed by atoms with van der Waals surface area (Å²) in [5.41, 5.74) is 0. The number of allylic oxidation sites excluding steroid dienone is 6. The van der Waals surface area contributed by atoms with Gasteiger partial charge < -0.3 is 20.8 Å². The zero-order valence-electron chi connectivity index (χ0n) is 14.4. The summed E-state index contributed by atoms with van der Waals surface area (Å²) in [6.45, 7) is 8.54. The minimum Gasteiger partial charge on any atom is -0.512 e. The molecule has 0 aromatic carbocycles. The number of ketones is 3. The van der Waals surface area contributed by atoms with Crippen LogP contribution in [0.25, 0.3) is 0 Å². The van der Waals surface area contributed by atoms with Crippen molar-refractivity contribution in [2.75, 3.05) is 0 Å². The monoisotopic (exact) mass is 407 g/mol. The number of aliphatic hydroxyl groups is 3. The molecule has 0 bridgehead atoms. The van der Waals surface area contributed by atoms with E-state index in [0.29, 0.717) is 0 Å². The van der Waals surface area contributed by atoms with E-state index in [0.717, 1.165) is 0 Å². The maximum absolute atomic E-state index is 10.0. The van der Waals surface area contributed by atoms with Gasteiger partial charge in [0.25, 0.3) is 0 Å². The van der Waals surface area contributed by atoms with Crippen LogP contribution in [0, 0.1) is 0 Å². The maximum Gasteiger partial charge on any atom is 0.155 e. The maximum atomic E-state index is 10.0. The van der Waals surface area contributed by atoms with Crippen molar-refractivity contribution in [1.29, 1.82) is 0 Å². The number of carbonyl (C=O) groups is 3. The molecular formula is C15H26O7Y. The minimum atomic E-state index is -0.125. The third-order valence-electron chi connectivity index (χ3n) is 1.24. The Balaban J connectivity index is -0.0000000675. The summed E-state index contributed by atoms with van der Waals surface area (Å²) in [7, 11) is 0. The van der Waals surface area contributed by atoms with Crippen LogP contribution in [0.2, 0.25) is 0 Å². The van der Waals surface area contributed by atoms with Crippen molar-refractivity contribution in [3.05, 3.63) is 35.5 Å². The van der Waals surface area contributed by atoms with Gasteiger partial charge in [-0.2, -0.15) is 0 Å². The summed E-state index contributed by atoms with van der Waals surface area (Å²) in [6, 6.07) is 0. The molecule has 8 heteroatoms. The van der Waals surface area contributed by atoms with E-state index in [9.17, 15) is 14.4 Å². The summed E-state index contributed by atoms with van der Waals surface area (Å²) < 4.78 is 0. The molecule has 0 spiro atoms. The molecule has 0 aliphatic heterocycles. The third-order valence-corrected chi connectivity index (χ3v) is 1.24. The van der Waals surface area contributed by atoms with Gasteiger partial charge in [-0.05, 0) is 41.5 Å². The fraction of sp³-hybridized carbons (Fsp3) is 0.400. The van der Waals surface area contributed by atoms with Crippen molar-refractivity contribution in [3.63, 3.8) is 0 Å². The van der Waals surface area contributed by atoms with Gasteiger partial charge in [-0.3, -0.25) is 14.4 Å². The van der Waals surface area contributed by atoms with Gasteiger partial charge in [0.05, 0.1) is 17.3 Å². The van der Waals surface area contributed by atoms with Crippen LogP contribution in [0.3, 0.4) is 0 Å². The van der Waals surface area contributed by atoms with E-state index in [4.69, 9.17) is 15.3 Å². The molecule has 0 aromatic rings. The first kappa shape index (κ1) is 33.3. The molecule has 0 atom stereocenters. The van der Waals surface area contributed by atoms with Crippen molar-refractivity contribution >= 4 is 17.3 Å². The predicted octanol–water partition coefficient (Wildman–Crippen LogP) is 2.28. The first-order valence-electron chi connectivity index (χ1n) is 6.02. The van der Waals surface area contributed by atoms with Gasteiger partial charge in [-0.25, -0.2) is 0 Å². The first-order chi connectivity index (χ1) is 9.38. The molecule has 0 saturated carbocycles. The van der Waals surface area contributed by atoms with E-state index in [1.54, 1.807) is 0 Å². The standard InChI is InChI=1S/3C5H8O2.H2O.Y/c3*1-4(6)3-5(2)7;;/h3*3,6H,1-2H3;1H2;/b3*4-3+;;. The quantitative estimate of drug-likeness (QED) is 0.484. The molecule has 0 amide bonds.